The van der Waals surface area contributed by atoms with Crippen LogP contribution in [0.3, 0.4) is 0 Å². The van der Waals surface area contributed by atoms with Gasteiger partial charge in [-0.15, -0.1) is 0 Å². The third kappa shape index (κ3) is 3.63. The fourth-order valence-electron chi connectivity index (χ4n) is 1.18. The third-order valence-corrected chi connectivity index (χ3v) is 2.43. The molecule has 1 aromatic carbocycles. The summed E-state index contributed by atoms with van der Waals surface area (Å²) in [6.45, 7) is 9.15. The van der Waals surface area contributed by atoms with Gasteiger partial charge in [0.25, 0.3) is 0 Å². The average molecular weight is 235 g/mol. The highest BCUT2D eigenvalue weighted by Gasteiger charge is 2.04. The van der Waals surface area contributed by atoms with Crippen molar-refractivity contribution in [3.8, 4) is 0 Å². The first-order chi connectivity index (χ1) is 7.91. The van der Waals surface area contributed by atoms with E-state index < -0.39 is 11.6 Å². The lowest BCUT2D eigenvalue weighted by atomic mass is 10.1. The molecule has 1 rings (SSSR count). The summed E-state index contributed by atoms with van der Waals surface area (Å²) in [4.78, 5) is 4.16. The van der Waals surface area contributed by atoms with Crippen molar-refractivity contribution in [1.82, 2.24) is 0 Å². The Balaban J connectivity index is 3.04. The predicted molar refractivity (Wildman–Crippen MR) is 67.9 cm³/mol. The Morgan fingerprint density at radius 1 is 1.24 bits per heavy atom. The van der Waals surface area contributed by atoms with Crippen LogP contribution in [0.1, 0.15) is 26.3 Å². The summed E-state index contributed by atoms with van der Waals surface area (Å²) < 4.78 is 26.2. The van der Waals surface area contributed by atoms with Crippen LogP contribution in [0.2, 0.25) is 0 Å². The lowest BCUT2D eigenvalue weighted by Crippen LogP contribution is -1.91. The first-order valence-electron chi connectivity index (χ1n) is 5.24. The molecule has 0 radical (unpaired) electrons. The summed E-state index contributed by atoms with van der Waals surface area (Å²) >= 11 is 0. The van der Waals surface area contributed by atoms with E-state index >= 15 is 0 Å². The summed E-state index contributed by atoms with van der Waals surface area (Å²) in [6, 6.07) is 3.50. The van der Waals surface area contributed by atoms with E-state index in [9.17, 15) is 8.78 Å². The van der Waals surface area contributed by atoms with Crippen molar-refractivity contribution in [2.75, 3.05) is 0 Å². The van der Waals surface area contributed by atoms with Gasteiger partial charge in [0, 0.05) is 23.5 Å². The summed E-state index contributed by atoms with van der Waals surface area (Å²) in [7, 11) is 0. The zero-order chi connectivity index (χ0) is 13.0. The fourth-order valence-corrected chi connectivity index (χ4v) is 1.18. The van der Waals surface area contributed by atoms with Gasteiger partial charge in [0.1, 0.15) is 11.6 Å². The molecule has 17 heavy (non-hydrogen) atoms. The number of benzene rings is 1. The minimum absolute atomic E-state index is 0.352. The smallest absolute Gasteiger partial charge is 0.133 e. The Bertz CT molecular complexity index is 499. The topological polar surface area (TPSA) is 12.4 Å². The summed E-state index contributed by atoms with van der Waals surface area (Å²) in [5, 5.41) is 0. The van der Waals surface area contributed by atoms with Crippen molar-refractivity contribution < 1.29 is 8.78 Å². The molecule has 0 bridgehead atoms. The lowest BCUT2D eigenvalue weighted by molar-refractivity contribution is 0.581. The van der Waals surface area contributed by atoms with E-state index in [0.717, 1.165) is 17.4 Å². The molecule has 0 aliphatic carbocycles. The monoisotopic (exact) mass is 235 g/mol. The van der Waals surface area contributed by atoms with E-state index in [4.69, 9.17) is 0 Å². The molecule has 1 nitrogen and oxygen atoms in total. The molecule has 0 atom stereocenters. The molecular weight excluding hydrogens is 220 g/mol. The van der Waals surface area contributed by atoms with Crippen LogP contribution in [0.5, 0.6) is 0 Å². The number of allylic oxidation sites excluding steroid dienone is 2. The maximum atomic E-state index is 13.4. The summed E-state index contributed by atoms with van der Waals surface area (Å²) in [6.07, 6.45) is 1.56. The molecule has 0 heterocycles. The predicted octanol–water partition coefficient (Wildman–Crippen LogP) is 4.36. The molecule has 0 amide bonds. The zero-order valence-corrected chi connectivity index (χ0v) is 10.2. The Labute approximate surface area is 100 Å². The van der Waals surface area contributed by atoms with Crippen molar-refractivity contribution in [3.63, 3.8) is 0 Å². The molecule has 0 unspecified atom stereocenters. The molecule has 0 fully saturated rings. The highest BCUT2D eigenvalue weighted by Crippen LogP contribution is 2.18. The summed E-state index contributed by atoms with van der Waals surface area (Å²) in [5.41, 5.74) is 2.63. The van der Waals surface area contributed by atoms with Crippen molar-refractivity contribution in [3.05, 3.63) is 53.7 Å². The molecule has 1 aromatic rings. The maximum Gasteiger partial charge on any atom is 0.133 e. The van der Waals surface area contributed by atoms with Gasteiger partial charge in [-0.25, -0.2) is 8.78 Å². The van der Waals surface area contributed by atoms with E-state index in [1.165, 1.54) is 12.1 Å². The molecule has 0 aliphatic heterocycles. The Hall–Kier alpha value is -1.77. The van der Waals surface area contributed by atoms with Crippen LogP contribution in [-0.2, 0) is 0 Å². The van der Waals surface area contributed by atoms with Crippen LogP contribution in [0.25, 0.3) is 5.57 Å². The molecule has 90 valence electrons. The minimum atomic E-state index is -0.583. The first-order valence-corrected chi connectivity index (χ1v) is 5.24. The molecule has 0 aliphatic rings. The summed E-state index contributed by atoms with van der Waals surface area (Å²) in [5.74, 6) is -1.16. The van der Waals surface area contributed by atoms with Gasteiger partial charge in [0.05, 0.1) is 0 Å². The highest BCUT2D eigenvalue weighted by molar-refractivity contribution is 5.97. The van der Waals surface area contributed by atoms with Gasteiger partial charge in [0.15, 0.2) is 0 Å². The molecule has 0 saturated heterocycles. The highest BCUT2D eigenvalue weighted by atomic mass is 19.1. The van der Waals surface area contributed by atoms with Crippen LogP contribution in [-0.4, -0.2) is 5.71 Å². The largest absolute Gasteiger partial charge is 0.261 e. The number of rotatable bonds is 3. The molecule has 0 spiro atoms. The van der Waals surface area contributed by atoms with Crippen molar-refractivity contribution in [2.24, 2.45) is 4.99 Å². The number of hydrogen-bond donors (Lipinski definition) is 0. The molecule has 0 aromatic heterocycles. The normalized spacial score (nSPS) is 12.8. The van der Waals surface area contributed by atoms with Crippen LogP contribution in [0.15, 0.2) is 41.5 Å². The maximum absolute atomic E-state index is 13.4. The van der Waals surface area contributed by atoms with Gasteiger partial charge in [-0.2, -0.15) is 0 Å². The number of nitrogens with zero attached hydrogens (tertiary/aromatic N) is 1. The second kappa shape index (κ2) is 5.53. The van der Waals surface area contributed by atoms with Gasteiger partial charge in [-0.3, -0.25) is 4.99 Å². The van der Waals surface area contributed by atoms with E-state index in [1.807, 2.05) is 13.8 Å². The zero-order valence-electron chi connectivity index (χ0n) is 10.2. The Kier molecular flexibility index (Phi) is 4.32. The third-order valence-electron chi connectivity index (χ3n) is 2.43. The van der Waals surface area contributed by atoms with E-state index in [1.54, 1.807) is 13.1 Å². The molecular formula is C14H15F2N. The van der Waals surface area contributed by atoms with Crippen LogP contribution >= 0.6 is 0 Å². The standard InChI is InChI=1S/C14H15F2N/c1-9(2)11(4)17-8-10(3)13-6-5-12(15)7-14(13)16/h5-8H,1H2,2-4H3/b10-8+,17-11?. The fraction of sp³-hybridized carbons (Fsp3) is 0.214. The van der Waals surface area contributed by atoms with Crippen LogP contribution in [0, 0.1) is 11.6 Å². The van der Waals surface area contributed by atoms with Crippen molar-refractivity contribution in [1.29, 1.82) is 0 Å². The van der Waals surface area contributed by atoms with Crippen molar-refractivity contribution >= 4 is 11.3 Å². The van der Waals surface area contributed by atoms with Gasteiger partial charge >= 0.3 is 0 Å². The van der Waals surface area contributed by atoms with Gasteiger partial charge < -0.3 is 0 Å². The number of hydrogen-bond acceptors (Lipinski definition) is 1. The molecule has 0 saturated carbocycles. The van der Waals surface area contributed by atoms with Gasteiger partial charge in [0.2, 0.25) is 0 Å². The van der Waals surface area contributed by atoms with E-state index in [0.29, 0.717) is 11.1 Å². The lowest BCUT2D eigenvalue weighted by Gasteiger charge is -2.02. The van der Waals surface area contributed by atoms with Gasteiger partial charge in [-0.1, -0.05) is 6.58 Å². The second-order valence-electron chi connectivity index (χ2n) is 3.93. The first kappa shape index (κ1) is 13.3. The van der Waals surface area contributed by atoms with E-state index in [2.05, 4.69) is 11.6 Å². The quantitative estimate of drug-likeness (QED) is 0.690. The number of halogens is 2. The minimum Gasteiger partial charge on any atom is -0.261 e. The molecule has 0 N–H and O–H groups in total. The van der Waals surface area contributed by atoms with Gasteiger partial charge in [-0.05, 0) is 44.1 Å². The molecule has 3 heteroatoms. The van der Waals surface area contributed by atoms with E-state index in [-0.39, 0.29) is 0 Å². The number of aliphatic imine (C=N–C) groups is 1. The van der Waals surface area contributed by atoms with Crippen molar-refractivity contribution in [2.45, 2.75) is 20.8 Å². The van der Waals surface area contributed by atoms with Crippen LogP contribution < -0.4 is 0 Å². The second-order valence-corrected chi connectivity index (χ2v) is 3.93. The Morgan fingerprint density at radius 3 is 2.41 bits per heavy atom. The average Bonchev–Trinajstić information content (AvgIpc) is 2.25. The Morgan fingerprint density at radius 2 is 1.88 bits per heavy atom. The SMILES string of the molecule is C=C(C)C(C)=N/C=C(\C)c1ccc(F)cc1F. The van der Waals surface area contributed by atoms with Crippen LogP contribution in [0.4, 0.5) is 8.78 Å².